The van der Waals surface area contributed by atoms with Crippen molar-refractivity contribution in [3.8, 4) is 5.75 Å². The van der Waals surface area contributed by atoms with Gasteiger partial charge in [-0.3, -0.25) is 4.79 Å². The Hall–Kier alpha value is -3.67. The topological polar surface area (TPSA) is 47.4 Å². The van der Waals surface area contributed by atoms with Crippen molar-refractivity contribution in [1.82, 2.24) is 9.55 Å². The number of aromatic nitrogens is 2. The first-order chi connectivity index (χ1) is 17.0. The molecular weight excluding hydrogens is 441 g/mol. The Kier molecular flexibility index (Phi) is 6.53. The molecule has 1 aliphatic rings. The summed E-state index contributed by atoms with van der Waals surface area (Å²) in [6.45, 7) is 6.05. The third kappa shape index (κ3) is 4.65. The number of fused-ring (bicyclic) bond motifs is 1. The number of halogens is 1. The summed E-state index contributed by atoms with van der Waals surface area (Å²) in [5.74, 6) is 1.91. The Labute approximate surface area is 205 Å². The van der Waals surface area contributed by atoms with Gasteiger partial charge in [-0.25, -0.2) is 9.37 Å². The van der Waals surface area contributed by atoms with Crippen LogP contribution in [0.3, 0.4) is 0 Å². The lowest BCUT2D eigenvalue weighted by Crippen LogP contribution is -2.24. The number of imidazole rings is 1. The number of anilines is 1. The van der Waals surface area contributed by atoms with Crippen LogP contribution in [-0.4, -0.2) is 28.6 Å². The summed E-state index contributed by atoms with van der Waals surface area (Å²) in [7, 11) is 0. The van der Waals surface area contributed by atoms with Gasteiger partial charge in [0.05, 0.1) is 17.6 Å². The van der Waals surface area contributed by atoms with E-state index >= 15 is 0 Å². The predicted octanol–water partition coefficient (Wildman–Crippen LogP) is 6.29. The van der Waals surface area contributed by atoms with Gasteiger partial charge < -0.3 is 14.2 Å². The Morgan fingerprint density at radius 1 is 1.06 bits per heavy atom. The Morgan fingerprint density at radius 2 is 1.80 bits per heavy atom. The number of para-hydroxylation sites is 3. The molecule has 0 bridgehead atoms. The van der Waals surface area contributed by atoms with Crippen LogP contribution in [0, 0.1) is 5.82 Å². The van der Waals surface area contributed by atoms with E-state index in [1.807, 2.05) is 30.3 Å². The van der Waals surface area contributed by atoms with E-state index in [9.17, 15) is 9.18 Å². The van der Waals surface area contributed by atoms with Gasteiger partial charge in [0, 0.05) is 24.6 Å². The van der Waals surface area contributed by atoms with Gasteiger partial charge in [0.25, 0.3) is 0 Å². The molecule has 0 N–H and O–H groups in total. The minimum Gasteiger partial charge on any atom is -0.491 e. The number of hydrogen-bond donors (Lipinski definition) is 0. The highest BCUT2D eigenvalue weighted by Crippen LogP contribution is 2.34. The second kappa shape index (κ2) is 9.90. The highest BCUT2D eigenvalue weighted by atomic mass is 19.1. The van der Waals surface area contributed by atoms with Crippen LogP contribution in [0.15, 0.2) is 72.8 Å². The Morgan fingerprint density at radius 3 is 2.60 bits per heavy atom. The van der Waals surface area contributed by atoms with Gasteiger partial charge in [-0.05, 0) is 60.4 Å². The molecule has 6 heteroatoms. The molecule has 5 nitrogen and oxygen atoms in total. The summed E-state index contributed by atoms with van der Waals surface area (Å²) >= 11 is 0. The number of rotatable bonds is 8. The quantitative estimate of drug-likeness (QED) is 0.303. The van der Waals surface area contributed by atoms with E-state index in [1.54, 1.807) is 17.0 Å². The molecule has 1 saturated heterocycles. The predicted molar refractivity (Wildman–Crippen MR) is 136 cm³/mol. The second-order valence-corrected chi connectivity index (χ2v) is 9.19. The van der Waals surface area contributed by atoms with Gasteiger partial charge in [-0.2, -0.15) is 0 Å². The summed E-state index contributed by atoms with van der Waals surface area (Å²) in [6, 6.07) is 22.4. The minimum absolute atomic E-state index is 0.0268. The zero-order valence-electron chi connectivity index (χ0n) is 20.2. The summed E-state index contributed by atoms with van der Waals surface area (Å²) in [6.07, 6.45) is 1.43. The van der Waals surface area contributed by atoms with E-state index in [1.165, 1.54) is 17.7 Å². The fourth-order valence-corrected chi connectivity index (χ4v) is 4.88. The fourth-order valence-electron chi connectivity index (χ4n) is 4.88. The van der Waals surface area contributed by atoms with E-state index in [2.05, 4.69) is 36.6 Å². The zero-order valence-corrected chi connectivity index (χ0v) is 20.2. The number of benzene rings is 3. The van der Waals surface area contributed by atoms with Crippen molar-refractivity contribution in [2.75, 3.05) is 18.1 Å². The normalized spacial score (nSPS) is 16.7. The molecule has 1 aliphatic heterocycles. The molecule has 2 heterocycles. The molecule has 180 valence electrons. The van der Waals surface area contributed by atoms with Gasteiger partial charge in [-0.15, -0.1) is 0 Å². The maximum Gasteiger partial charge on any atom is 0.227 e. The molecule has 35 heavy (non-hydrogen) atoms. The van der Waals surface area contributed by atoms with Crippen molar-refractivity contribution in [2.45, 2.75) is 45.1 Å². The lowest BCUT2D eigenvalue weighted by molar-refractivity contribution is -0.117. The average molecular weight is 472 g/mol. The van der Waals surface area contributed by atoms with Crippen molar-refractivity contribution in [3.63, 3.8) is 0 Å². The molecule has 2 atom stereocenters. The molecule has 2 unspecified atom stereocenters. The minimum atomic E-state index is -0.311. The first kappa shape index (κ1) is 23.1. The number of amides is 1. The lowest BCUT2D eigenvalue weighted by atomic mass is 9.98. The van der Waals surface area contributed by atoms with Crippen molar-refractivity contribution in [1.29, 1.82) is 0 Å². The van der Waals surface area contributed by atoms with Crippen LogP contribution < -0.4 is 9.64 Å². The highest BCUT2D eigenvalue weighted by molar-refractivity contribution is 5.96. The van der Waals surface area contributed by atoms with Gasteiger partial charge in [0.1, 0.15) is 24.0 Å². The van der Waals surface area contributed by atoms with Crippen LogP contribution >= 0.6 is 0 Å². The Balaban J connectivity index is 1.39. The molecule has 1 aromatic heterocycles. The number of ether oxygens (including phenoxy) is 1. The molecule has 1 amide bonds. The largest absolute Gasteiger partial charge is 0.491 e. The van der Waals surface area contributed by atoms with Crippen molar-refractivity contribution in [2.24, 2.45) is 0 Å². The lowest BCUT2D eigenvalue weighted by Gasteiger charge is -2.18. The van der Waals surface area contributed by atoms with E-state index < -0.39 is 0 Å². The third-order valence-electron chi connectivity index (χ3n) is 6.95. The standard InChI is InChI=1S/C29H30FN3O2/c1-3-20(2)24-8-4-7-11-27(24)35-17-16-32-26-10-6-5-9-25(26)31-29(32)21-18-28(34)33(19-21)23-14-12-22(30)13-15-23/h4-15,20-21H,3,16-19H2,1-2H3. The average Bonchev–Trinajstić information content (AvgIpc) is 3.45. The molecule has 3 aromatic carbocycles. The molecule has 1 fully saturated rings. The van der Waals surface area contributed by atoms with Crippen molar-refractivity contribution < 1.29 is 13.9 Å². The van der Waals surface area contributed by atoms with Crippen LogP contribution in [0.5, 0.6) is 5.75 Å². The van der Waals surface area contributed by atoms with Crippen LogP contribution in [0.4, 0.5) is 10.1 Å². The smallest absolute Gasteiger partial charge is 0.227 e. The summed E-state index contributed by atoms with van der Waals surface area (Å²) < 4.78 is 21.8. The number of nitrogens with zero attached hydrogens (tertiary/aromatic N) is 3. The molecule has 0 aliphatic carbocycles. The number of carbonyl (C=O) groups is 1. The van der Waals surface area contributed by atoms with Crippen LogP contribution in [0.1, 0.15) is 49.9 Å². The summed E-state index contributed by atoms with van der Waals surface area (Å²) in [5, 5.41) is 0. The maximum absolute atomic E-state index is 13.4. The zero-order chi connectivity index (χ0) is 24.4. The van der Waals surface area contributed by atoms with Crippen LogP contribution in [-0.2, 0) is 11.3 Å². The summed E-state index contributed by atoms with van der Waals surface area (Å²) in [5.41, 5.74) is 3.89. The molecule has 5 rings (SSSR count). The first-order valence-corrected chi connectivity index (χ1v) is 12.3. The number of hydrogen-bond acceptors (Lipinski definition) is 3. The first-order valence-electron chi connectivity index (χ1n) is 12.3. The van der Waals surface area contributed by atoms with Crippen molar-refractivity contribution >= 4 is 22.6 Å². The molecule has 4 aromatic rings. The monoisotopic (exact) mass is 471 g/mol. The van der Waals surface area contributed by atoms with Gasteiger partial charge in [0.15, 0.2) is 0 Å². The molecule has 0 saturated carbocycles. The van der Waals surface area contributed by atoms with Gasteiger partial charge in [-0.1, -0.05) is 44.2 Å². The van der Waals surface area contributed by atoms with Gasteiger partial charge >= 0.3 is 0 Å². The van der Waals surface area contributed by atoms with E-state index in [4.69, 9.17) is 9.72 Å². The van der Waals surface area contributed by atoms with Crippen molar-refractivity contribution in [3.05, 3.63) is 90.0 Å². The van der Waals surface area contributed by atoms with Crippen LogP contribution in [0.2, 0.25) is 0 Å². The molecular formula is C29H30FN3O2. The summed E-state index contributed by atoms with van der Waals surface area (Å²) in [4.78, 5) is 19.5. The maximum atomic E-state index is 13.4. The van der Waals surface area contributed by atoms with E-state index in [-0.39, 0.29) is 17.6 Å². The fraction of sp³-hybridized carbons (Fsp3) is 0.310. The highest BCUT2D eigenvalue weighted by Gasteiger charge is 2.34. The van der Waals surface area contributed by atoms with Gasteiger partial charge in [0.2, 0.25) is 5.91 Å². The SMILES string of the molecule is CCC(C)c1ccccc1OCCn1c(C2CC(=O)N(c3ccc(F)cc3)C2)nc2ccccc21. The molecule has 0 spiro atoms. The van der Waals surface area contributed by atoms with Crippen LogP contribution in [0.25, 0.3) is 11.0 Å². The van der Waals surface area contributed by atoms with E-state index in [0.29, 0.717) is 37.7 Å². The number of carbonyl (C=O) groups excluding carboxylic acids is 1. The molecule has 0 radical (unpaired) electrons. The Bertz CT molecular complexity index is 1330. The third-order valence-corrected chi connectivity index (χ3v) is 6.95. The second-order valence-electron chi connectivity index (χ2n) is 9.19. The van der Waals surface area contributed by atoms with E-state index in [0.717, 1.165) is 29.0 Å².